The van der Waals surface area contributed by atoms with Gasteiger partial charge in [0.1, 0.15) is 0 Å². The van der Waals surface area contributed by atoms with Crippen molar-refractivity contribution in [2.24, 2.45) is 0 Å². The van der Waals surface area contributed by atoms with Crippen LogP contribution in [0, 0.1) is 0 Å². The summed E-state index contributed by atoms with van der Waals surface area (Å²) in [5, 5.41) is 0. The van der Waals surface area contributed by atoms with Crippen LogP contribution >= 0.6 is 0 Å². The zero-order valence-electron chi connectivity index (χ0n) is 19.5. The molecule has 1 aliphatic carbocycles. The second-order valence-corrected chi connectivity index (χ2v) is 10.2. The Kier molecular flexibility index (Phi) is 7.97. The first-order valence-electron chi connectivity index (χ1n) is 11.5. The summed E-state index contributed by atoms with van der Waals surface area (Å²) in [4.78, 5) is 8.95. The van der Waals surface area contributed by atoms with Gasteiger partial charge in [-0.25, -0.2) is 13.4 Å². The summed E-state index contributed by atoms with van der Waals surface area (Å²) >= 11 is 0. The maximum atomic E-state index is 13.5. The van der Waals surface area contributed by atoms with E-state index in [4.69, 9.17) is 5.73 Å². The molecule has 3 N–H and O–H groups in total. The van der Waals surface area contributed by atoms with Crippen LogP contribution in [0.3, 0.4) is 0 Å². The number of aromatic nitrogens is 2. The number of nitrogen functional groups attached to an aromatic ring is 1. The van der Waals surface area contributed by atoms with Crippen molar-refractivity contribution >= 4 is 21.7 Å². The van der Waals surface area contributed by atoms with E-state index in [2.05, 4.69) is 16.5 Å². The molecule has 1 aromatic heterocycles. The lowest BCUT2D eigenvalue weighted by molar-refractivity contribution is -0.0492. The average Bonchev–Trinajstić information content (AvgIpc) is 3.58. The predicted octanol–water partition coefficient (Wildman–Crippen LogP) is 4.90. The quantitative estimate of drug-likeness (QED) is 0.528. The lowest BCUT2D eigenvalue weighted by Gasteiger charge is -2.34. The summed E-state index contributed by atoms with van der Waals surface area (Å²) in [6.45, 7) is 7.44. The van der Waals surface area contributed by atoms with Gasteiger partial charge in [0.05, 0.1) is 18.4 Å². The monoisotopic (exact) mass is 499 g/mol. The van der Waals surface area contributed by atoms with Gasteiger partial charge in [-0.05, 0) is 48.8 Å². The molecule has 1 fully saturated rings. The number of nitrogens with zero attached hydrogens (tertiary/aromatic N) is 3. The van der Waals surface area contributed by atoms with Crippen molar-refractivity contribution in [1.29, 1.82) is 0 Å². The highest BCUT2D eigenvalue weighted by molar-refractivity contribution is 7.89. The van der Waals surface area contributed by atoms with Gasteiger partial charge < -0.3 is 15.6 Å². The van der Waals surface area contributed by atoms with Crippen molar-refractivity contribution in [3.63, 3.8) is 0 Å². The summed E-state index contributed by atoms with van der Waals surface area (Å²) in [5.74, 6) is 0.487. The van der Waals surface area contributed by atoms with Crippen molar-refractivity contribution in [2.75, 3.05) is 17.2 Å². The van der Waals surface area contributed by atoms with Crippen LogP contribution < -0.4 is 10.6 Å². The molecule has 1 atom stereocenters. The molecule has 0 radical (unpaired) electrons. The lowest BCUT2D eigenvalue weighted by atomic mass is 10.00. The van der Waals surface area contributed by atoms with E-state index >= 15 is 0 Å². The third-order valence-electron chi connectivity index (χ3n) is 6.03. The van der Waals surface area contributed by atoms with Gasteiger partial charge in [-0.2, -0.15) is 17.5 Å². The Hall–Kier alpha value is -2.53. The van der Waals surface area contributed by atoms with Crippen LogP contribution in [0.25, 0.3) is 0 Å². The van der Waals surface area contributed by atoms with Gasteiger partial charge in [0.15, 0.2) is 5.95 Å². The van der Waals surface area contributed by atoms with E-state index in [0.29, 0.717) is 34.9 Å². The zero-order valence-corrected chi connectivity index (χ0v) is 20.3. The molecule has 1 aromatic carbocycles. The number of allylic oxidation sites excluding steroid dienone is 1. The SMILES string of the molecule is C=CCCC1CN(S(=O)(=O)C(F)(F)F)Cc2c(C3CC3)cccc2N1Cc1cnc(N)[nH]1.CC. The molecule has 2 aromatic rings. The molecule has 7 nitrogen and oxygen atoms in total. The van der Waals surface area contributed by atoms with Crippen molar-refractivity contribution in [3.05, 3.63) is 53.9 Å². The van der Waals surface area contributed by atoms with E-state index in [-0.39, 0.29) is 25.0 Å². The number of sulfonamides is 1. The maximum Gasteiger partial charge on any atom is 0.511 e. The lowest BCUT2D eigenvalue weighted by Crippen LogP contribution is -2.46. The molecule has 34 heavy (non-hydrogen) atoms. The summed E-state index contributed by atoms with van der Waals surface area (Å²) in [5.41, 5.74) is 3.35. The van der Waals surface area contributed by atoms with E-state index in [1.54, 1.807) is 12.3 Å². The minimum absolute atomic E-state index is 0.241. The number of imidazole rings is 1. The van der Waals surface area contributed by atoms with E-state index < -0.39 is 21.6 Å². The molecular formula is C23H32F3N5O2S. The summed E-state index contributed by atoms with van der Waals surface area (Å²) in [6, 6.07) is 5.14. The number of fused-ring (bicyclic) bond motifs is 1. The number of hydrogen-bond donors (Lipinski definition) is 2. The number of hydrogen-bond acceptors (Lipinski definition) is 5. The number of halogens is 3. The van der Waals surface area contributed by atoms with Crippen LogP contribution in [-0.4, -0.2) is 40.8 Å². The van der Waals surface area contributed by atoms with Crippen LogP contribution in [0.4, 0.5) is 24.8 Å². The fourth-order valence-corrected chi connectivity index (χ4v) is 5.28. The van der Waals surface area contributed by atoms with Gasteiger partial charge in [-0.3, -0.25) is 0 Å². The van der Waals surface area contributed by atoms with Gasteiger partial charge in [0.2, 0.25) is 0 Å². The van der Waals surface area contributed by atoms with E-state index in [0.717, 1.165) is 24.1 Å². The fourth-order valence-electron chi connectivity index (χ4n) is 4.32. The van der Waals surface area contributed by atoms with Crippen LogP contribution in [0.5, 0.6) is 0 Å². The molecule has 188 valence electrons. The molecule has 0 saturated heterocycles. The molecule has 1 aliphatic heterocycles. The molecule has 4 rings (SSSR count). The zero-order chi connectivity index (χ0) is 25.1. The van der Waals surface area contributed by atoms with E-state index in [9.17, 15) is 21.6 Å². The first-order chi connectivity index (χ1) is 16.1. The van der Waals surface area contributed by atoms with E-state index in [1.807, 2.05) is 36.9 Å². The molecule has 1 saturated carbocycles. The molecule has 0 bridgehead atoms. The Morgan fingerprint density at radius 2 is 2.00 bits per heavy atom. The largest absolute Gasteiger partial charge is 0.511 e. The topological polar surface area (TPSA) is 95.3 Å². The Balaban J connectivity index is 0.00000158. The average molecular weight is 500 g/mol. The molecule has 1 unspecified atom stereocenters. The second-order valence-electron chi connectivity index (χ2n) is 8.30. The normalized spacial score (nSPS) is 19.1. The number of aromatic amines is 1. The summed E-state index contributed by atoms with van der Waals surface area (Å²) in [7, 11) is -5.50. The summed E-state index contributed by atoms with van der Waals surface area (Å²) in [6.07, 6.45) is 6.13. The molecule has 11 heteroatoms. The second kappa shape index (κ2) is 10.4. The molecule has 2 heterocycles. The van der Waals surface area contributed by atoms with Gasteiger partial charge >= 0.3 is 15.5 Å². The Labute approximate surface area is 198 Å². The van der Waals surface area contributed by atoms with Crippen molar-refractivity contribution < 1.29 is 21.6 Å². The van der Waals surface area contributed by atoms with E-state index in [1.165, 1.54) is 0 Å². The van der Waals surface area contributed by atoms with Gasteiger partial charge in [0.25, 0.3) is 0 Å². The van der Waals surface area contributed by atoms with Crippen molar-refractivity contribution in [1.82, 2.24) is 14.3 Å². The Morgan fingerprint density at radius 3 is 2.56 bits per heavy atom. The third kappa shape index (κ3) is 5.41. The summed E-state index contributed by atoms with van der Waals surface area (Å²) < 4.78 is 66.2. The minimum Gasteiger partial charge on any atom is -0.369 e. The highest BCUT2D eigenvalue weighted by Crippen LogP contribution is 2.46. The van der Waals surface area contributed by atoms with Gasteiger partial charge in [0, 0.05) is 24.8 Å². The Morgan fingerprint density at radius 1 is 1.29 bits per heavy atom. The maximum absolute atomic E-state index is 13.5. The van der Waals surface area contributed by atoms with Gasteiger partial charge in [-0.15, -0.1) is 6.58 Å². The number of anilines is 2. The van der Waals surface area contributed by atoms with Crippen LogP contribution in [-0.2, 0) is 23.1 Å². The number of alkyl halides is 3. The number of nitrogens with two attached hydrogens (primary N) is 1. The number of rotatable bonds is 7. The first kappa shape index (κ1) is 26.1. The first-order valence-corrected chi connectivity index (χ1v) is 12.9. The van der Waals surface area contributed by atoms with Crippen LogP contribution in [0.1, 0.15) is 62.3 Å². The molecule has 2 aliphatic rings. The van der Waals surface area contributed by atoms with Gasteiger partial charge in [-0.1, -0.05) is 32.1 Å². The molecular weight excluding hydrogens is 467 g/mol. The Bertz CT molecular complexity index is 1100. The fraction of sp³-hybridized carbons (Fsp3) is 0.522. The standard InChI is InChI=1S/C21H26F3N5O2S.C2H6/c1-2-3-5-16-12-28(32(30,31)21(22,23)24)13-18-17(14-8-9-14)6-4-7-19(18)29(16)11-15-10-26-20(25)27-15;1-2/h2,4,6-7,10,14,16H,1,3,5,8-9,11-13H2,(H3,25,26,27);1-2H3. The number of nitrogens with one attached hydrogen (secondary N) is 1. The van der Waals surface area contributed by atoms with Crippen LogP contribution in [0.15, 0.2) is 37.1 Å². The smallest absolute Gasteiger partial charge is 0.369 e. The molecule has 0 amide bonds. The highest BCUT2D eigenvalue weighted by Gasteiger charge is 2.51. The minimum atomic E-state index is -5.50. The number of benzene rings is 1. The third-order valence-corrected chi connectivity index (χ3v) is 7.57. The van der Waals surface area contributed by atoms with Crippen molar-refractivity contribution in [3.8, 4) is 0 Å². The van der Waals surface area contributed by atoms with Crippen LogP contribution in [0.2, 0.25) is 0 Å². The molecule has 0 spiro atoms. The highest BCUT2D eigenvalue weighted by atomic mass is 32.2. The number of H-pyrrole nitrogens is 1. The van der Waals surface area contributed by atoms with Crippen molar-refractivity contribution in [2.45, 2.75) is 70.1 Å². The predicted molar refractivity (Wildman–Crippen MR) is 128 cm³/mol.